The topological polar surface area (TPSA) is 79.0 Å². The number of hydrogen-bond acceptors (Lipinski definition) is 6. The lowest BCUT2D eigenvalue weighted by molar-refractivity contribution is -0.116. The Morgan fingerprint density at radius 3 is 2.52 bits per heavy atom. The van der Waals surface area contributed by atoms with E-state index in [4.69, 9.17) is 27.9 Å². The van der Waals surface area contributed by atoms with Crippen LogP contribution in [-0.4, -0.2) is 63.4 Å². The molecular formula is C18H21Cl2N3O4S2. The molecule has 7 nitrogen and oxygen atoms in total. The fourth-order valence-electron chi connectivity index (χ4n) is 3.01. The quantitative estimate of drug-likeness (QED) is 0.660. The van der Waals surface area contributed by atoms with Crippen LogP contribution >= 0.6 is 34.5 Å². The van der Waals surface area contributed by atoms with Crippen LogP contribution in [0.3, 0.4) is 0 Å². The Kier molecular flexibility index (Phi) is 7.42. The average molecular weight is 478 g/mol. The van der Waals surface area contributed by atoms with Crippen molar-refractivity contribution in [2.24, 2.45) is 0 Å². The van der Waals surface area contributed by atoms with Gasteiger partial charge in [-0.25, -0.2) is 8.42 Å². The molecule has 2 aromatic rings. The third kappa shape index (κ3) is 5.62. The number of hydrogen-bond donors (Lipinski definition) is 1. The van der Waals surface area contributed by atoms with E-state index in [-0.39, 0.29) is 16.5 Å². The number of ether oxygens (including phenoxy) is 1. The molecule has 2 heterocycles. The van der Waals surface area contributed by atoms with Gasteiger partial charge in [0.05, 0.1) is 17.1 Å². The van der Waals surface area contributed by atoms with E-state index in [1.807, 2.05) is 0 Å². The zero-order valence-corrected chi connectivity index (χ0v) is 18.9. The number of anilines is 1. The molecule has 1 fully saturated rings. The molecule has 1 aliphatic rings. The minimum atomic E-state index is -3.51. The Bertz CT molecular complexity index is 973. The maximum absolute atomic E-state index is 12.6. The van der Waals surface area contributed by atoms with Gasteiger partial charge >= 0.3 is 0 Å². The molecule has 1 aliphatic heterocycles. The molecule has 29 heavy (non-hydrogen) atoms. The molecule has 158 valence electrons. The molecule has 1 aromatic heterocycles. The third-order valence-corrected chi connectivity index (χ3v) is 8.40. The van der Waals surface area contributed by atoms with Crippen molar-refractivity contribution >= 4 is 56.2 Å². The lowest BCUT2D eigenvalue weighted by Gasteiger charge is -2.33. The number of piperazine rings is 1. The smallest absolute Gasteiger partial charge is 0.252 e. The highest BCUT2D eigenvalue weighted by Crippen LogP contribution is 2.29. The number of carbonyl (C=O) groups excluding carboxylic acids is 1. The molecule has 1 N–H and O–H groups in total. The zero-order chi connectivity index (χ0) is 21.0. The molecule has 1 amide bonds. The predicted octanol–water partition coefficient (Wildman–Crippen LogP) is 3.40. The van der Waals surface area contributed by atoms with Crippen LogP contribution in [-0.2, 0) is 14.8 Å². The van der Waals surface area contributed by atoms with Gasteiger partial charge in [0.15, 0.2) is 0 Å². The Balaban J connectivity index is 1.49. The lowest BCUT2D eigenvalue weighted by Crippen LogP contribution is -2.48. The van der Waals surface area contributed by atoms with Crippen molar-refractivity contribution in [1.82, 2.24) is 9.21 Å². The van der Waals surface area contributed by atoms with Crippen LogP contribution in [0.15, 0.2) is 34.5 Å². The van der Waals surface area contributed by atoms with Crippen molar-refractivity contribution in [2.75, 3.05) is 45.2 Å². The Morgan fingerprint density at radius 2 is 1.90 bits per heavy atom. The fourth-order valence-corrected chi connectivity index (χ4v) is 6.24. The molecule has 0 radical (unpaired) electrons. The first-order chi connectivity index (χ1) is 13.8. The molecule has 0 unspecified atom stereocenters. The Labute approximate surface area is 184 Å². The molecule has 0 aliphatic carbocycles. The summed E-state index contributed by atoms with van der Waals surface area (Å²) in [6.45, 7) is 2.41. The molecule has 1 saturated heterocycles. The number of methoxy groups -OCH3 is 1. The Morgan fingerprint density at radius 1 is 1.17 bits per heavy atom. The van der Waals surface area contributed by atoms with Gasteiger partial charge in [-0.05, 0) is 30.3 Å². The first kappa shape index (κ1) is 22.3. The number of sulfonamides is 1. The second kappa shape index (κ2) is 9.63. The number of nitrogens with zero attached hydrogens (tertiary/aromatic N) is 2. The van der Waals surface area contributed by atoms with E-state index < -0.39 is 10.0 Å². The SMILES string of the molecule is COc1ccc(Cl)cc1NC(=O)CCN1CCN(S(=O)(=O)c2ccc(Cl)s2)CC1. The summed E-state index contributed by atoms with van der Waals surface area (Å²) in [5.74, 6) is 0.379. The lowest BCUT2D eigenvalue weighted by atomic mass is 10.2. The second-order valence-corrected chi connectivity index (χ2v) is 10.8. The van der Waals surface area contributed by atoms with E-state index >= 15 is 0 Å². The molecule has 0 saturated carbocycles. The van der Waals surface area contributed by atoms with Crippen LogP contribution in [0.2, 0.25) is 9.36 Å². The van der Waals surface area contributed by atoms with E-state index in [0.717, 1.165) is 11.3 Å². The maximum atomic E-state index is 12.6. The summed E-state index contributed by atoms with van der Waals surface area (Å²) in [5, 5.41) is 3.31. The molecular weight excluding hydrogens is 457 g/mol. The molecule has 0 atom stereocenters. The van der Waals surface area contributed by atoms with E-state index in [1.54, 1.807) is 24.3 Å². The monoisotopic (exact) mass is 477 g/mol. The van der Waals surface area contributed by atoms with Crippen LogP contribution in [0.5, 0.6) is 5.75 Å². The molecule has 1 aromatic carbocycles. The highest BCUT2D eigenvalue weighted by atomic mass is 35.5. The van der Waals surface area contributed by atoms with Crippen molar-refractivity contribution in [3.63, 3.8) is 0 Å². The second-order valence-electron chi connectivity index (χ2n) is 6.45. The van der Waals surface area contributed by atoms with Crippen molar-refractivity contribution in [3.8, 4) is 5.75 Å². The van der Waals surface area contributed by atoms with Gasteiger partial charge in [0, 0.05) is 44.2 Å². The van der Waals surface area contributed by atoms with Crippen LogP contribution < -0.4 is 10.1 Å². The van der Waals surface area contributed by atoms with Gasteiger partial charge in [0.2, 0.25) is 5.91 Å². The van der Waals surface area contributed by atoms with Crippen molar-refractivity contribution in [2.45, 2.75) is 10.6 Å². The van der Waals surface area contributed by atoms with Gasteiger partial charge in [0.1, 0.15) is 9.96 Å². The highest BCUT2D eigenvalue weighted by Gasteiger charge is 2.29. The summed E-state index contributed by atoms with van der Waals surface area (Å²) < 4.78 is 32.7. The average Bonchev–Trinajstić information content (AvgIpc) is 3.14. The predicted molar refractivity (Wildman–Crippen MR) is 116 cm³/mol. The van der Waals surface area contributed by atoms with E-state index in [0.29, 0.717) is 53.5 Å². The van der Waals surface area contributed by atoms with E-state index in [1.165, 1.54) is 17.5 Å². The van der Waals surface area contributed by atoms with Crippen molar-refractivity contribution < 1.29 is 17.9 Å². The number of thiophene rings is 1. The van der Waals surface area contributed by atoms with Crippen LogP contribution in [0, 0.1) is 0 Å². The third-order valence-electron chi connectivity index (χ3n) is 4.56. The summed E-state index contributed by atoms with van der Waals surface area (Å²) in [5.41, 5.74) is 0.524. The molecule has 11 heteroatoms. The fraction of sp³-hybridized carbons (Fsp3) is 0.389. The summed E-state index contributed by atoms with van der Waals surface area (Å²) >= 11 is 12.9. The van der Waals surface area contributed by atoms with Crippen molar-refractivity contribution in [3.05, 3.63) is 39.7 Å². The maximum Gasteiger partial charge on any atom is 0.252 e. The van der Waals surface area contributed by atoms with Gasteiger partial charge in [-0.1, -0.05) is 23.2 Å². The summed E-state index contributed by atoms with van der Waals surface area (Å²) in [4.78, 5) is 14.4. The van der Waals surface area contributed by atoms with Gasteiger partial charge in [-0.2, -0.15) is 4.31 Å². The van der Waals surface area contributed by atoms with Crippen LogP contribution in [0.4, 0.5) is 5.69 Å². The Hall–Kier alpha value is -1.36. The van der Waals surface area contributed by atoms with Crippen LogP contribution in [0.1, 0.15) is 6.42 Å². The number of amides is 1. The minimum Gasteiger partial charge on any atom is -0.495 e. The van der Waals surface area contributed by atoms with E-state index in [9.17, 15) is 13.2 Å². The van der Waals surface area contributed by atoms with E-state index in [2.05, 4.69) is 10.2 Å². The zero-order valence-electron chi connectivity index (χ0n) is 15.7. The van der Waals surface area contributed by atoms with Crippen LogP contribution in [0.25, 0.3) is 0 Å². The largest absolute Gasteiger partial charge is 0.495 e. The molecule has 0 bridgehead atoms. The summed E-state index contributed by atoms with van der Waals surface area (Å²) in [6.07, 6.45) is 0.281. The van der Waals surface area contributed by atoms with Gasteiger partial charge in [-0.15, -0.1) is 11.3 Å². The minimum absolute atomic E-state index is 0.158. The normalized spacial score (nSPS) is 16.0. The number of nitrogens with one attached hydrogen (secondary N) is 1. The van der Waals surface area contributed by atoms with Gasteiger partial charge in [0.25, 0.3) is 10.0 Å². The summed E-state index contributed by atoms with van der Waals surface area (Å²) in [7, 11) is -1.99. The number of rotatable bonds is 7. The standard InChI is InChI=1S/C18H21Cl2N3O4S2/c1-27-15-3-2-13(19)12-14(15)21-17(24)6-7-22-8-10-23(11-9-22)29(25,26)18-5-4-16(20)28-18/h2-5,12H,6-11H2,1H3,(H,21,24). The number of halogens is 2. The molecule has 3 rings (SSSR count). The summed E-state index contributed by atoms with van der Waals surface area (Å²) in [6, 6.07) is 8.14. The van der Waals surface area contributed by atoms with Crippen molar-refractivity contribution in [1.29, 1.82) is 0 Å². The van der Waals surface area contributed by atoms with Gasteiger partial charge < -0.3 is 15.0 Å². The van der Waals surface area contributed by atoms with Gasteiger partial charge in [-0.3, -0.25) is 4.79 Å². The first-order valence-corrected chi connectivity index (χ1v) is 11.9. The number of carbonyl (C=O) groups is 1. The highest BCUT2D eigenvalue weighted by molar-refractivity contribution is 7.91. The first-order valence-electron chi connectivity index (χ1n) is 8.91. The number of benzene rings is 1. The molecule has 0 spiro atoms.